The molecule has 8 heteroatoms. The lowest BCUT2D eigenvalue weighted by atomic mass is 9.98. The van der Waals surface area contributed by atoms with E-state index in [1.165, 1.54) is 36.4 Å². The monoisotopic (exact) mass is 348 g/mol. The number of halogens is 1. The van der Waals surface area contributed by atoms with Gasteiger partial charge >= 0.3 is 6.09 Å². The van der Waals surface area contributed by atoms with Crippen LogP contribution in [0.4, 0.5) is 14.9 Å². The van der Waals surface area contributed by atoms with Crippen LogP contribution >= 0.6 is 0 Å². The molecule has 0 aliphatic carbocycles. The van der Waals surface area contributed by atoms with Gasteiger partial charge in [0.1, 0.15) is 22.9 Å². The fourth-order valence-corrected chi connectivity index (χ4v) is 2.27. The third kappa shape index (κ3) is 5.17. The van der Waals surface area contributed by atoms with Gasteiger partial charge < -0.3 is 15.2 Å². The van der Waals surface area contributed by atoms with E-state index in [1.54, 1.807) is 19.9 Å². The van der Waals surface area contributed by atoms with Gasteiger partial charge in [-0.15, -0.1) is 0 Å². The summed E-state index contributed by atoms with van der Waals surface area (Å²) in [5.41, 5.74) is 4.31. The molecule has 1 amide bonds. The number of non-ortho nitro benzene ring substituents is 1. The standard InChI is InChI=1S/C17H17FN2O5/c1-17(2,25-16(19)21)10-11-3-6-14(9-15(11)18)24-13-7-4-12(5-8-13)20(22)23/h3-9H,10H2,1-2H3,(H2,19,21). The first kappa shape index (κ1) is 18.2. The summed E-state index contributed by atoms with van der Waals surface area (Å²) in [5, 5.41) is 10.6. The van der Waals surface area contributed by atoms with Crippen LogP contribution < -0.4 is 10.5 Å². The second-order valence-electron chi connectivity index (χ2n) is 5.96. The molecule has 0 bridgehead atoms. The van der Waals surface area contributed by atoms with E-state index in [0.29, 0.717) is 11.3 Å². The van der Waals surface area contributed by atoms with Crippen molar-refractivity contribution in [3.05, 3.63) is 64.0 Å². The summed E-state index contributed by atoms with van der Waals surface area (Å²) in [6, 6.07) is 9.70. The SMILES string of the molecule is CC(C)(Cc1ccc(Oc2ccc([N+](=O)[O-])cc2)cc1F)OC(N)=O. The van der Waals surface area contributed by atoms with Crippen LogP contribution in [0.3, 0.4) is 0 Å². The summed E-state index contributed by atoms with van der Waals surface area (Å²) in [5.74, 6) is 0.0550. The molecule has 7 nitrogen and oxygen atoms in total. The molecule has 0 aliphatic heterocycles. The largest absolute Gasteiger partial charge is 0.457 e. The number of carbonyl (C=O) groups excluding carboxylic acids is 1. The quantitative estimate of drug-likeness (QED) is 0.629. The zero-order valence-electron chi connectivity index (χ0n) is 13.7. The minimum Gasteiger partial charge on any atom is -0.457 e. The van der Waals surface area contributed by atoms with Gasteiger partial charge in [-0.25, -0.2) is 9.18 Å². The Labute approximate surface area is 143 Å². The molecular formula is C17H17FN2O5. The van der Waals surface area contributed by atoms with E-state index in [0.717, 1.165) is 0 Å². The molecular weight excluding hydrogens is 331 g/mol. The average Bonchev–Trinajstić information content (AvgIpc) is 2.49. The number of hydrogen-bond acceptors (Lipinski definition) is 5. The highest BCUT2D eigenvalue weighted by atomic mass is 19.1. The first-order valence-electron chi connectivity index (χ1n) is 7.35. The molecule has 0 aromatic heterocycles. The number of ether oxygens (including phenoxy) is 2. The molecule has 0 aliphatic rings. The molecule has 2 aromatic carbocycles. The second-order valence-corrected chi connectivity index (χ2v) is 5.96. The molecule has 132 valence electrons. The van der Waals surface area contributed by atoms with E-state index in [1.807, 2.05) is 0 Å². The maximum absolute atomic E-state index is 14.2. The average molecular weight is 348 g/mol. The molecule has 0 spiro atoms. The number of nitrogens with zero attached hydrogens (tertiary/aromatic N) is 1. The minimum absolute atomic E-state index is 0.0643. The van der Waals surface area contributed by atoms with Gasteiger partial charge in [-0.1, -0.05) is 6.07 Å². The minimum atomic E-state index is -0.951. The predicted molar refractivity (Wildman–Crippen MR) is 88.0 cm³/mol. The summed E-state index contributed by atoms with van der Waals surface area (Å²) in [4.78, 5) is 20.9. The van der Waals surface area contributed by atoms with Crippen molar-refractivity contribution in [3.8, 4) is 11.5 Å². The van der Waals surface area contributed by atoms with Gasteiger partial charge in [0.05, 0.1) is 4.92 Å². The van der Waals surface area contributed by atoms with Gasteiger partial charge in [0.25, 0.3) is 5.69 Å². The Kier molecular flexibility index (Phi) is 5.21. The lowest BCUT2D eigenvalue weighted by molar-refractivity contribution is -0.384. The van der Waals surface area contributed by atoms with Crippen LogP contribution in [0.25, 0.3) is 0 Å². The van der Waals surface area contributed by atoms with Gasteiger partial charge in [0.15, 0.2) is 0 Å². The first-order valence-corrected chi connectivity index (χ1v) is 7.35. The fourth-order valence-electron chi connectivity index (χ4n) is 2.27. The molecule has 0 unspecified atom stereocenters. The van der Waals surface area contributed by atoms with E-state index in [4.69, 9.17) is 15.2 Å². The molecule has 2 aromatic rings. The van der Waals surface area contributed by atoms with Gasteiger partial charge in [-0.05, 0) is 37.6 Å². The van der Waals surface area contributed by atoms with Gasteiger partial charge in [0, 0.05) is 24.6 Å². The highest BCUT2D eigenvalue weighted by Gasteiger charge is 2.24. The third-order valence-corrected chi connectivity index (χ3v) is 3.30. The molecule has 0 radical (unpaired) electrons. The van der Waals surface area contributed by atoms with Gasteiger partial charge in [-0.2, -0.15) is 0 Å². The Bertz CT molecular complexity index is 790. The molecule has 0 saturated carbocycles. The fraction of sp³-hybridized carbons (Fsp3) is 0.235. The third-order valence-electron chi connectivity index (χ3n) is 3.30. The Balaban J connectivity index is 2.11. The van der Waals surface area contributed by atoms with Crippen LogP contribution in [0, 0.1) is 15.9 Å². The molecule has 25 heavy (non-hydrogen) atoms. The summed E-state index contributed by atoms with van der Waals surface area (Å²) in [6.45, 7) is 3.25. The van der Waals surface area contributed by atoms with Crippen molar-refractivity contribution in [3.63, 3.8) is 0 Å². The number of benzene rings is 2. The summed E-state index contributed by atoms with van der Waals surface area (Å²) in [7, 11) is 0. The zero-order valence-corrected chi connectivity index (χ0v) is 13.7. The van der Waals surface area contributed by atoms with E-state index in [2.05, 4.69) is 0 Å². The first-order chi connectivity index (χ1) is 11.7. The number of amides is 1. The van der Waals surface area contributed by atoms with E-state index >= 15 is 0 Å². The number of rotatable bonds is 6. The Morgan fingerprint density at radius 3 is 2.32 bits per heavy atom. The van der Waals surface area contributed by atoms with Crippen LogP contribution in [-0.2, 0) is 11.2 Å². The Morgan fingerprint density at radius 2 is 1.80 bits per heavy atom. The van der Waals surface area contributed by atoms with Crippen LogP contribution in [-0.4, -0.2) is 16.6 Å². The van der Waals surface area contributed by atoms with Crippen molar-refractivity contribution in [1.82, 2.24) is 0 Å². The van der Waals surface area contributed by atoms with Crippen LogP contribution in [0.5, 0.6) is 11.5 Å². The van der Waals surface area contributed by atoms with Gasteiger partial charge in [0.2, 0.25) is 0 Å². The lowest BCUT2D eigenvalue weighted by Crippen LogP contribution is -2.33. The van der Waals surface area contributed by atoms with Crippen molar-refractivity contribution in [2.45, 2.75) is 25.9 Å². The Hall–Kier alpha value is -3.16. The van der Waals surface area contributed by atoms with Crippen molar-refractivity contribution >= 4 is 11.8 Å². The lowest BCUT2D eigenvalue weighted by Gasteiger charge is -2.24. The maximum atomic E-state index is 14.2. The number of carbonyl (C=O) groups is 1. The normalized spacial score (nSPS) is 11.0. The van der Waals surface area contributed by atoms with E-state index < -0.39 is 22.4 Å². The summed E-state index contributed by atoms with van der Waals surface area (Å²) >= 11 is 0. The zero-order chi connectivity index (χ0) is 18.6. The van der Waals surface area contributed by atoms with Crippen molar-refractivity contribution in [2.24, 2.45) is 5.73 Å². The second kappa shape index (κ2) is 7.16. The van der Waals surface area contributed by atoms with Crippen molar-refractivity contribution in [1.29, 1.82) is 0 Å². The highest BCUT2D eigenvalue weighted by molar-refractivity contribution is 5.65. The molecule has 0 heterocycles. The van der Waals surface area contributed by atoms with Crippen LogP contribution in [0.1, 0.15) is 19.4 Å². The van der Waals surface area contributed by atoms with Crippen molar-refractivity contribution in [2.75, 3.05) is 0 Å². The molecule has 0 atom stereocenters. The number of nitro groups is 1. The smallest absolute Gasteiger partial charge is 0.405 e. The molecule has 0 saturated heterocycles. The topological polar surface area (TPSA) is 105 Å². The maximum Gasteiger partial charge on any atom is 0.405 e. The number of hydrogen-bond donors (Lipinski definition) is 1. The van der Waals surface area contributed by atoms with Crippen LogP contribution in [0.2, 0.25) is 0 Å². The molecule has 2 rings (SSSR count). The summed E-state index contributed by atoms with van der Waals surface area (Å²) in [6.07, 6.45) is -0.789. The van der Waals surface area contributed by atoms with Gasteiger partial charge in [-0.3, -0.25) is 10.1 Å². The number of nitro benzene ring substituents is 1. The molecule has 0 fully saturated rings. The highest BCUT2D eigenvalue weighted by Crippen LogP contribution is 2.27. The predicted octanol–water partition coefficient (Wildman–Crippen LogP) is 3.94. The summed E-state index contributed by atoms with van der Waals surface area (Å²) < 4.78 is 24.7. The Morgan fingerprint density at radius 1 is 1.20 bits per heavy atom. The molecule has 2 N–H and O–H groups in total. The number of primary amides is 1. The van der Waals surface area contributed by atoms with E-state index in [-0.39, 0.29) is 17.9 Å². The van der Waals surface area contributed by atoms with E-state index in [9.17, 15) is 19.3 Å². The number of nitrogens with two attached hydrogens (primary N) is 1. The van der Waals surface area contributed by atoms with Crippen molar-refractivity contribution < 1.29 is 23.6 Å². The van der Waals surface area contributed by atoms with Crippen LogP contribution in [0.15, 0.2) is 42.5 Å².